The number of ether oxygens (including phenoxy) is 1. The maximum absolute atomic E-state index is 13.1. The predicted molar refractivity (Wildman–Crippen MR) is 93.0 cm³/mol. The Labute approximate surface area is 146 Å². The smallest absolute Gasteiger partial charge is 0.416 e. The number of cyclic esters (lactones) is 1. The van der Waals surface area contributed by atoms with Crippen molar-refractivity contribution < 1.29 is 13.9 Å². The Morgan fingerprint density at radius 2 is 2.08 bits per heavy atom. The van der Waals surface area contributed by atoms with Gasteiger partial charge in [-0.25, -0.2) is 14.2 Å². The summed E-state index contributed by atoms with van der Waals surface area (Å²) in [6.07, 6.45) is 1.95. The second kappa shape index (κ2) is 6.66. The Morgan fingerprint density at radius 3 is 2.76 bits per heavy atom. The number of aromatic nitrogens is 2. The standard InChI is InChI=1S/C18H21FN4O2/c1-4-18(3)11-25-17(24)23(18)15-9-10-20-16(22-15)21-12(2)13-5-7-14(19)8-6-13/h5-10,12H,4,11H2,1-3H3,(H,20,21,22)/t12-,18-/m0/s1. The molecule has 1 amide bonds. The molecule has 7 heteroatoms. The van der Waals surface area contributed by atoms with Gasteiger partial charge < -0.3 is 10.1 Å². The van der Waals surface area contributed by atoms with Crippen LogP contribution in [0.4, 0.5) is 21.0 Å². The fourth-order valence-electron chi connectivity index (χ4n) is 2.77. The van der Waals surface area contributed by atoms with Crippen molar-refractivity contribution in [3.05, 3.63) is 47.9 Å². The molecule has 1 aromatic carbocycles. The predicted octanol–water partition coefficient (Wildman–Crippen LogP) is 3.91. The molecule has 1 saturated heterocycles. The first-order chi connectivity index (χ1) is 11.9. The third kappa shape index (κ3) is 3.40. The van der Waals surface area contributed by atoms with E-state index in [1.807, 2.05) is 20.8 Å². The van der Waals surface area contributed by atoms with Gasteiger partial charge in [-0.15, -0.1) is 0 Å². The minimum Gasteiger partial charge on any atom is -0.447 e. The Bertz CT molecular complexity index is 768. The average molecular weight is 344 g/mol. The Morgan fingerprint density at radius 1 is 1.36 bits per heavy atom. The lowest BCUT2D eigenvalue weighted by atomic mass is 9.99. The van der Waals surface area contributed by atoms with Crippen LogP contribution < -0.4 is 10.2 Å². The third-order valence-corrected chi connectivity index (χ3v) is 4.58. The number of carbonyl (C=O) groups is 1. The molecule has 0 aliphatic carbocycles. The summed E-state index contributed by atoms with van der Waals surface area (Å²) >= 11 is 0. The normalized spacial score (nSPS) is 21.1. The van der Waals surface area contributed by atoms with Gasteiger partial charge >= 0.3 is 6.09 Å². The first kappa shape index (κ1) is 17.1. The van der Waals surface area contributed by atoms with Crippen molar-refractivity contribution in [2.24, 2.45) is 0 Å². The summed E-state index contributed by atoms with van der Waals surface area (Å²) in [5.41, 5.74) is 0.486. The topological polar surface area (TPSA) is 67.3 Å². The number of benzene rings is 1. The van der Waals surface area contributed by atoms with Gasteiger partial charge in [-0.1, -0.05) is 19.1 Å². The third-order valence-electron chi connectivity index (χ3n) is 4.58. The number of nitrogens with zero attached hydrogens (tertiary/aromatic N) is 3. The molecule has 1 aliphatic heterocycles. The largest absolute Gasteiger partial charge is 0.447 e. The lowest BCUT2D eigenvalue weighted by molar-refractivity contribution is 0.173. The summed E-state index contributed by atoms with van der Waals surface area (Å²) in [7, 11) is 0. The number of amides is 1. The van der Waals surface area contributed by atoms with Gasteiger partial charge in [0, 0.05) is 6.20 Å². The van der Waals surface area contributed by atoms with Gasteiger partial charge in [-0.05, 0) is 44.0 Å². The highest BCUT2D eigenvalue weighted by molar-refractivity contribution is 5.90. The number of rotatable bonds is 5. The van der Waals surface area contributed by atoms with E-state index < -0.39 is 11.6 Å². The average Bonchev–Trinajstić information content (AvgIpc) is 2.91. The molecule has 25 heavy (non-hydrogen) atoms. The first-order valence-corrected chi connectivity index (χ1v) is 8.25. The summed E-state index contributed by atoms with van der Waals surface area (Å²) in [6, 6.07) is 7.83. The van der Waals surface area contributed by atoms with Gasteiger partial charge in [0.15, 0.2) is 0 Å². The molecule has 2 aromatic rings. The van der Waals surface area contributed by atoms with Crippen LogP contribution in [0, 0.1) is 5.82 Å². The minimum atomic E-state index is -0.425. The summed E-state index contributed by atoms with van der Waals surface area (Å²) in [4.78, 5) is 22.4. The summed E-state index contributed by atoms with van der Waals surface area (Å²) in [6.45, 7) is 6.24. The fourth-order valence-corrected chi connectivity index (χ4v) is 2.77. The van der Waals surface area contributed by atoms with Crippen LogP contribution in [0.1, 0.15) is 38.8 Å². The van der Waals surface area contributed by atoms with E-state index >= 15 is 0 Å². The van der Waals surface area contributed by atoms with E-state index in [4.69, 9.17) is 4.74 Å². The highest BCUT2D eigenvalue weighted by atomic mass is 19.1. The second-order valence-electron chi connectivity index (χ2n) is 6.40. The quantitative estimate of drug-likeness (QED) is 0.890. The number of halogens is 1. The number of hydrogen-bond acceptors (Lipinski definition) is 5. The number of hydrogen-bond donors (Lipinski definition) is 1. The lowest BCUT2D eigenvalue weighted by Crippen LogP contribution is -2.44. The van der Waals surface area contributed by atoms with Gasteiger partial charge in [0.2, 0.25) is 5.95 Å². The van der Waals surface area contributed by atoms with E-state index in [1.54, 1.807) is 29.3 Å². The van der Waals surface area contributed by atoms with Crippen LogP contribution in [0.2, 0.25) is 0 Å². The van der Waals surface area contributed by atoms with Crippen LogP contribution in [0.3, 0.4) is 0 Å². The van der Waals surface area contributed by atoms with E-state index in [0.29, 0.717) is 18.4 Å². The molecule has 2 atom stereocenters. The van der Waals surface area contributed by atoms with Gasteiger partial charge in [-0.3, -0.25) is 4.90 Å². The van der Waals surface area contributed by atoms with Crippen molar-refractivity contribution in [3.8, 4) is 0 Å². The minimum absolute atomic E-state index is 0.112. The summed E-state index contributed by atoms with van der Waals surface area (Å²) in [5.74, 6) is 0.615. The first-order valence-electron chi connectivity index (χ1n) is 8.25. The van der Waals surface area contributed by atoms with Gasteiger partial charge in [0.05, 0.1) is 11.6 Å². The van der Waals surface area contributed by atoms with Gasteiger partial charge in [0.25, 0.3) is 0 Å². The SMILES string of the molecule is CC[C@@]1(C)COC(=O)N1c1ccnc(N[C@@H](C)c2ccc(F)cc2)n1. The van der Waals surface area contributed by atoms with Crippen LogP contribution in [0.25, 0.3) is 0 Å². The number of carbonyl (C=O) groups excluding carboxylic acids is 1. The lowest BCUT2D eigenvalue weighted by Gasteiger charge is -2.29. The molecule has 0 radical (unpaired) electrons. The maximum Gasteiger partial charge on any atom is 0.416 e. The molecule has 0 saturated carbocycles. The van der Waals surface area contributed by atoms with Crippen molar-refractivity contribution >= 4 is 17.9 Å². The molecule has 2 heterocycles. The van der Waals surface area contributed by atoms with Crippen LogP contribution in [-0.2, 0) is 4.74 Å². The molecule has 3 rings (SSSR count). The molecule has 6 nitrogen and oxygen atoms in total. The summed E-state index contributed by atoms with van der Waals surface area (Å²) < 4.78 is 18.2. The van der Waals surface area contributed by atoms with Crippen LogP contribution >= 0.6 is 0 Å². The monoisotopic (exact) mass is 344 g/mol. The maximum atomic E-state index is 13.1. The van der Waals surface area contributed by atoms with E-state index in [-0.39, 0.29) is 11.9 Å². The van der Waals surface area contributed by atoms with Crippen molar-refractivity contribution in [1.29, 1.82) is 0 Å². The van der Waals surface area contributed by atoms with Crippen LogP contribution in [-0.4, -0.2) is 28.2 Å². The highest BCUT2D eigenvalue weighted by Gasteiger charge is 2.44. The zero-order valence-corrected chi connectivity index (χ0v) is 14.5. The van der Waals surface area contributed by atoms with Crippen LogP contribution in [0.5, 0.6) is 0 Å². The van der Waals surface area contributed by atoms with Crippen molar-refractivity contribution in [2.75, 3.05) is 16.8 Å². The molecule has 132 valence electrons. The van der Waals surface area contributed by atoms with E-state index in [9.17, 15) is 9.18 Å². The van der Waals surface area contributed by atoms with Crippen LogP contribution in [0.15, 0.2) is 36.5 Å². The number of anilines is 2. The molecule has 1 N–H and O–H groups in total. The Hall–Kier alpha value is -2.70. The molecule has 1 aliphatic rings. The van der Waals surface area contributed by atoms with E-state index in [0.717, 1.165) is 12.0 Å². The zero-order valence-electron chi connectivity index (χ0n) is 14.5. The Balaban J connectivity index is 1.82. The van der Waals surface area contributed by atoms with Gasteiger partial charge in [-0.2, -0.15) is 4.98 Å². The highest BCUT2D eigenvalue weighted by Crippen LogP contribution is 2.32. The van der Waals surface area contributed by atoms with Crippen molar-refractivity contribution in [1.82, 2.24) is 9.97 Å². The second-order valence-corrected chi connectivity index (χ2v) is 6.40. The molecular weight excluding hydrogens is 323 g/mol. The molecule has 0 unspecified atom stereocenters. The molecule has 0 spiro atoms. The molecule has 1 aromatic heterocycles. The molecular formula is C18H21FN4O2. The van der Waals surface area contributed by atoms with Crippen molar-refractivity contribution in [3.63, 3.8) is 0 Å². The summed E-state index contributed by atoms with van der Waals surface area (Å²) in [5, 5.41) is 3.18. The fraction of sp³-hybridized carbons (Fsp3) is 0.389. The van der Waals surface area contributed by atoms with E-state index in [2.05, 4.69) is 15.3 Å². The molecule has 0 bridgehead atoms. The number of nitrogens with one attached hydrogen (secondary N) is 1. The van der Waals surface area contributed by atoms with Crippen molar-refractivity contribution in [2.45, 2.75) is 38.8 Å². The zero-order chi connectivity index (χ0) is 18.0. The van der Waals surface area contributed by atoms with E-state index in [1.165, 1.54) is 12.1 Å². The molecule has 1 fully saturated rings. The van der Waals surface area contributed by atoms with Gasteiger partial charge in [0.1, 0.15) is 18.2 Å². The Kier molecular flexibility index (Phi) is 4.57.